The maximum absolute atomic E-state index is 13.5. The lowest BCUT2D eigenvalue weighted by atomic mass is 10.1. The summed E-state index contributed by atoms with van der Waals surface area (Å²) in [6, 6.07) is 20.6. The quantitative estimate of drug-likeness (QED) is 0.0634. The molecule has 2 heterocycles. The van der Waals surface area contributed by atoms with Gasteiger partial charge in [0.2, 0.25) is 11.2 Å². The van der Waals surface area contributed by atoms with E-state index >= 15 is 0 Å². The molecule has 1 amide bonds. The van der Waals surface area contributed by atoms with Gasteiger partial charge in [0.15, 0.2) is 5.69 Å². The summed E-state index contributed by atoms with van der Waals surface area (Å²) in [4.78, 5) is 29.2. The molecule has 17 heteroatoms. The molecule has 0 saturated carbocycles. The van der Waals surface area contributed by atoms with Gasteiger partial charge in [-0.1, -0.05) is 48.0 Å². The van der Waals surface area contributed by atoms with Gasteiger partial charge in [-0.25, -0.2) is 22.6 Å². The molecule has 1 aliphatic heterocycles. The monoisotopic (exact) mass is 672 g/mol. The van der Waals surface area contributed by atoms with Gasteiger partial charge in [-0.3, -0.25) is 4.79 Å². The largest absolute Gasteiger partial charge is 0.569 e. The van der Waals surface area contributed by atoms with Gasteiger partial charge in [0.25, 0.3) is 16.8 Å². The number of alkyl halides is 3. The molecule has 246 valence electrons. The zero-order valence-corrected chi connectivity index (χ0v) is 25.4. The van der Waals surface area contributed by atoms with Crippen molar-refractivity contribution in [2.75, 3.05) is 19.9 Å². The maximum atomic E-state index is 13.5. The highest BCUT2D eigenvalue weighted by atomic mass is 32.2. The lowest BCUT2D eigenvalue weighted by Gasteiger charge is -2.13. The molecule has 3 aromatic carbocycles. The fraction of sp³-hybridized carbons (Fsp3) is 0.233. The van der Waals surface area contributed by atoms with Crippen molar-refractivity contribution in [1.29, 1.82) is 0 Å². The molecule has 1 N–H and O–H groups in total. The number of ether oxygens (including phenoxy) is 1. The Balaban J connectivity index is 1.20. The fourth-order valence-electron chi connectivity index (χ4n) is 4.66. The van der Waals surface area contributed by atoms with Crippen LogP contribution in [-0.2, 0) is 30.6 Å². The number of hydrazine groups is 1. The summed E-state index contributed by atoms with van der Waals surface area (Å²) in [5, 5.41) is 20.3. The zero-order valence-electron chi connectivity index (χ0n) is 24.6. The summed E-state index contributed by atoms with van der Waals surface area (Å²) in [6.45, 7) is 1.07. The summed E-state index contributed by atoms with van der Waals surface area (Å²) < 4.78 is 74.4. The fourth-order valence-corrected chi connectivity index (χ4v) is 5.70. The van der Waals surface area contributed by atoms with Crippen molar-refractivity contribution in [3.63, 3.8) is 0 Å². The Morgan fingerprint density at radius 1 is 1.06 bits per heavy atom. The zero-order chi connectivity index (χ0) is 33.8. The lowest BCUT2D eigenvalue weighted by molar-refractivity contribution is -0.708. The lowest BCUT2D eigenvalue weighted by Crippen LogP contribution is -2.37. The summed E-state index contributed by atoms with van der Waals surface area (Å²) in [7, 11) is -4.38. The molecule has 47 heavy (non-hydrogen) atoms. The highest BCUT2D eigenvalue weighted by Gasteiger charge is 2.36. The summed E-state index contributed by atoms with van der Waals surface area (Å²) in [5.74, 6) is -2.45. The van der Waals surface area contributed by atoms with E-state index in [2.05, 4.69) is 10.4 Å². The Labute approximate surface area is 266 Å². The van der Waals surface area contributed by atoms with Crippen LogP contribution in [0.15, 0.2) is 95.1 Å². The number of nitrogens with zero attached hydrogens (tertiary/aromatic N) is 5. The number of aryl methyl sites for hydroxylation is 1. The second kappa shape index (κ2) is 13.5. The third kappa shape index (κ3) is 7.86. The number of aromatic nitrogens is 2. The highest BCUT2D eigenvalue weighted by molar-refractivity contribution is 7.90. The van der Waals surface area contributed by atoms with Gasteiger partial charge < -0.3 is 14.8 Å². The van der Waals surface area contributed by atoms with Crippen molar-refractivity contribution in [2.45, 2.75) is 24.4 Å². The first-order chi connectivity index (χ1) is 22.3. The topological polar surface area (TPSA) is 158 Å². The third-order valence-electron chi connectivity index (χ3n) is 7.13. The van der Waals surface area contributed by atoms with E-state index in [-0.39, 0.29) is 46.3 Å². The molecule has 1 fully saturated rings. The van der Waals surface area contributed by atoms with Crippen LogP contribution in [0.4, 0.5) is 13.2 Å². The van der Waals surface area contributed by atoms with Crippen LogP contribution in [0, 0.1) is 18.0 Å². The summed E-state index contributed by atoms with van der Waals surface area (Å²) in [5.41, 5.74) is 0.833. The van der Waals surface area contributed by atoms with Crippen LogP contribution in [0.25, 0.3) is 16.9 Å². The van der Waals surface area contributed by atoms with E-state index in [1.54, 1.807) is 42.5 Å². The van der Waals surface area contributed by atoms with Crippen molar-refractivity contribution >= 4 is 21.9 Å². The van der Waals surface area contributed by atoms with Crippen molar-refractivity contribution in [3.05, 3.63) is 107 Å². The van der Waals surface area contributed by atoms with Gasteiger partial charge in [0, 0.05) is 5.56 Å². The number of hydrogen-bond donors (Lipinski definition) is 1. The molecule has 5 rings (SSSR count). The predicted octanol–water partition coefficient (Wildman–Crippen LogP) is 4.62. The Morgan fingerprint density at radius 3 is 2.40 bits per heavy atom. The Bertz CT molecular complexity index is 1880. The van der Waals surface area contributed by atoms with Gasteiger partial charge in [-0.2, -0.15) is 18.3 Å². The predicted molar refractivity (Wildman–Crippen MR) is 158 cm³/mol. The first-order valence-electron chi connectivity index (χ1n) is 14.0. The minimum Gasteiger partial charge on any atom is -0.569 e. The maximum Gasteiger partial charge on any atom is 0.435 e. The van der Waals surface area contributed by atoms with Gasteiger partial charge in [-0.15, -0.1) is 5.01 Å². The molecule has 1 aromatic heterocycles. The minimum absolute atomic E-state index is 0.0556. The minimum atomic E-state index is -4.71. The number of nitrogens with one attached hydrogen (secondary N) is 1. The van der Waals surface area contributed by atoms with E-state index in [1.165, 1.54) is 24.3 Å². The molecule has 1 saturated heterocycles. The van der Waals surface area contributed by atoms with Crippen molar-refractivity contribution < 1.29 is 45.7 Å². The highest BCUT2D eigenvalue weighted by Crippen LogP contribution is 2.33. The number of halogens is 3. The first kappa shape index (κ1) is 32.9. The van der Waals surface area contributed by atoms with Crippen LogP contribution in [0.2, 0.25) is 0 Å². The third-order valence-corrected chi connectivity index (χ3v) is 8.50. The smallest absolute Gasteiger partial charge is 0.435 e. The van der Waals surface area contributed by atoms with E-state index in [4.69, 9.17) is 9.57 Å². The number of benzene rings is 3. The molecular weight excluding hydrogens is 645 g/mol. The van der Waals surface area contributed by atoms with E-state index in [0.717, 1.165) is 33.5 Å². The van der Waals surface area contributed by atoms with E-state index < -0.39 is 46.5 Å². The van der Waals surface area contributed by atoms with Gasteiger partial charge in [0.05, 0.1) is 45.8 Å². The number of sulfonamides is 1. The molecule has 0 bridgehead atoms. The average Bonchev–Trinajstić information content (AvgIpc) is 3.73. The number of carbonyl (C=O) groups is 2. The summed E-state index contributed by atoms with van der Waals surface area (Å²) >= 11 is 0. The SMILES string of the molecule is Cc1ccc(-c2cc(C(F)(F)F)nn2-c2ccc(S(=O)(=O)NC(=O)C3CCN([N+]([O-])=NOCOC(=O)c4ccccc4)C3)cc2)cc1. The number of amides is 1. The molecule has 1 atom stereocenters. The molecule has 13 nitrogen and oxygen atoms in total. The molecular formula is C30H27F3N6O7S. The molecule has 0 spiro atoms. The van der Waals surface area contributed by atoms with Gasteiger partial charge >= 0.3 is 12.1 Å². The second-order valence-electron chi connectivity index (χ2n) is 10.4. The Morgan fingerprint density at radius 2 is 1.74 bits per heavy atom. The average molecular weight is 673 g/mol. The standard InChI is InChI=1S/C30H27F3N6O7S/c1-20-7-9-21(10-8-20)26-17-27(30(31,32)33)34-38(26)24-11-13-25(14-12-24)47(43,44)35-28(40)23-15-16-37(18-23)39(42)36-46-19-45-29(41)22-5-3-2-4-6-22/h2-14,17,23H,15-16,18-19H2,1H3,(H,35,40). The first-order valence-corrected chi connectivity index (χ1v) is 15.5. The van der Waals surface area contributed by atoms with Gasteiger partial charge in [-0.05, 0) is 55.8 Å². The number of hydrogen-bond acceptors (Lipinski definition) is 9. The summed E-state index contributed by atoms with van der Waals surface area (Å²) in [6.07, 6.45) is -4.59. The Hall–Kier alpha value is -5.45. The Kier molecular flexibility index (Phi) is 9.46. The van der Waals surface area contributed by atoms with Crippen LogP contribution < -0.4 is 4.72 Å². The van der Waals surface area contributed by atoms with E-state index in [0.29, 0.717) is 5.56 Å². The van der Waals surface area contributed by atoms with Crippen LogP contribution in [0.5, 0.6) is 0 Å². The van der Waals surface area contributed by atoms with E-state index in [1.807, 2.05) is 11.6 Å². The number of rotatable bonds is 10. The van der Waals surface area contributed by atoms with E-state index in [9.17, 15) is 36.4 Å². The molecule has 4 aromatic rings. The van der Waals surface area contributed by atoms with Crippen molar-refractivity contribution in [1.82, 2.24) is 19.5 Å². The van der Waals surface area contributed by atoms with Crippen LogP contribution in [0.1, 0.15) is 28.0 Å². The molecule has 0 radical (unpaired) electrons. The van der Waals surface area contributed by atoms with Crippen LogP contribution in [-0.4, -0.2) is 59.9 Å². The molecule has 1 aliphatic rings. The van der Waals surface area contributed by atoms with Crippen molar-refractivity contribution in [2.24, 2.45) is 11.2 Å². The van der Waals surface area contributed by atoms with Gasteiger partial charge in [0.1, 0.15) is 0 Å². The molecule has 0 aliphatic carbocycles. The number of esters is 1. The second-order valence-corrected chi connectivity index (χ2v) is 12.1. The number of carbonyl (C=O) groups excluding carboxylic acids is 2. The molecule has 1 unspecified atom stereocenters. The normalized spacial score (nSPS) is 15.4. The van der Waals surface area contributed by atoms with Crippen LogP contribution in [0.3, 0.4) is 0 Å². The van der Waals surface area contributed by atoms with Crippen LogP contribution >= 0.6 is 0 Å². The van der Waals surface area contributed by atoms with Crippen molar-refractivity contribution in [3.8, 4) is 16.9 Å².